The van der Waals surface area contributed by atoms with E-state index in [1.807, 2.05) is 12.1 Å². The number of fused-ring (bicyclic) bond motifs is 1. The number of hydrogen-bond donors (Lipinski definition) is 1. The Kier molecular flexibility index (Phi) is 5.47. The van der Waals surface area contributed by atoms with Crippen LogP contribution in [0, 0.1) is 0 Å². The largest absolute Gasteiger partial charge is 0.496 e. The fourth-order valence-electron chi connectivity index (χ4n) is 3.10. The summed E-state index contributed by atoms with van der Waals surface area (Å²) in [6.07, 6.45) is 4.36. The number of halogens is 1. The van der Waals surface area contributed by atoms with Gasteiger partial charge < -0.3 is 15.2 Å². The van der Waals surface area contributed by atoms with Gasteiger partial charge >= 0.3 is 5.97 Å². The molecule has 0 aliphatic heterocycles. The van der Waals surface area contributed by atoms with Gasteiger partial charge in [0, 0.05) is 11.6 Å². The van der Waals surface area contributed by atoms with Gasteiger partial charge in [0.25, 0.3) is 0 Å². The number of hydrogen-bond acceptors (Lipinski definition) is 5. The number of carbonyl (C=O) groups is 2. The molecule has 0 atom stereocenters. The monoisotopic (exact) mass is 373 g/mol. The Labute approximate surface area is 157 Å². The predicted molar refractivity (Wildman–Crippen MR) is 100 cm³/mol. The van der Waals surface area contributed by atoms with Crippen molar-refractivity contribution in [1.29, 1.82) is 0 Å². The molecule has 5 nitrogen and oxygen atoms in total. The summed E-state index contributed by atoms with van der Waals surface area (Å²) < 4.78 is 10.3. The normalized spacial score (nSPS) is 13.0. The Morgan fingerprint density at radius 1 is 1.12 bits per heavy atom. The van der Waals surface area contributed by atoms with E-state index in [1.165, 1.54) is 36.8 Å². The van der Waals surface area contributed by atoms with E-state index in [9.17, 15) is 9.59 Å². The molecular weight excluding hydrogens is 354 g/mol. The van der Waals surface area contributed by atoms with E-state index in [4.69, 9.17) is 26.8 Å². The lowest BCUT2D eigenvalue weighted by molar-refractivity contribution is 0.0471. The first-order valence-electron chi connectivity index (χ1n) is 8.44. The lowest BCUT2D eigenvalue weighted by Gasteiger charge is -2.16. The van der Waals surface area contributed by atoms with Crippen LogP contribution in [0.3, 0.4) is 0 Å². The molecule has 0 fully saturated rings. The second-order valence-corrected chi connectivity index (χ2v) is 6.67. The minimum absolute atomic E-state index is 0.130. The number of methoxy groups -OCH3 is 1. The summed E-state index contributed by atoms with van der Waals surface area (Å²) in [5.41, 5.74) is 9.19. The molecule has 0 radical (unpaired) electrons. The smallest absolute Gasteiger partial charge is 0.342 e. The molecule has 0 aromatic heterocycles. The first-order chi connectivity index (χ1) is 12.5. The van der Waals surface area contributed by atoms with Crippen LogP contribution in [-0.4, -0.2) is 25.5 Å². The number of ketones is 1. The van der Waals surface area contributed by atoms with Crippen molar-refractivity contribution in [2.24, 2.45) is 0 Å². The summed E-state index contributed by atoms with van der Waals surface area (Å²) in [6.45, 7) is -0.344. The molecule has 136 valence electrons. The average Bonchev–Trinajstić information content (AvgIpc) is 2.67. The van der Waals surface area contributed by atoms with E-state index in [1.54, 1.807) is 6.07 Å². The summed E-state index contributed by atoms with van der Waals surface area (Å²) in [5, 5.41) is 0.221. The average molecular weight is 374 g/mol. The van der Waals surface area contributed by atoms with Gasteiger partial charge in [0.2, 0.25) is 0 Å². The molecule has 2 aromatic rings. The van der Waals surface area contributed by atoms with Gasteiger partial charge in [-0.25, -0.2) is 4.79 Å². The lowest BCUT2D eigenvalue weighted by atomic mass is 9.90. The SMILES string of the molecule is COc1cc(N)c(Cl)cc1C(=O)OCC(=O)c1ccc2c(c1)CCCC2. The summed E-state index contributed by atoms with van der Waals surface area (Å²) in [5.74, 6) is -0.680. The zero-order chi connectivity index (χ0) is 18.7. The Balaban J connectivity index is 1.70. The zero-order valence-electron chi connectivity index (χ0n) is 14.5. The van der Waals surface area contributed by atoms with Crippen molar-refractivity contribution in [3.05, 3.63) is 57.6 Å². The van der Waals surface area contributed by atoms with E-state index < -0.39 is 5.97 Å². The van der Waals surface area contributed by atoms with Crippen LogP contribution in [0.1, 0.15) is 44.7 Å². The van der Waals surface area contributed by atoms with E-state index in [-0.39, 0.29) is 28.7 Å². The molecule has 0 spiro atoms. The predicted octanol–water partition coefficient (Wildman–Crippen LogP) is 3.85. The second-order valence-electron chi connectivity index (χ2n) is 6.26. The van der Waals surface area contributed by atoms with Crippen LogP contribution in [0.4, 0.5) is 5.69 Å². The molecule has 0 saturated carbocycles. The van der Waals surface area contributed by atoms with E-state index in [0.717, 1.165) is 19.3 Å². The minimum Gasteiger partial charge on any atom is -0.496 e. The van der Waals surface area contributed by atoms with E-state index in [0.29, 0.717) is 11.3 Å². The van der Waals surface area contributed by atoms with Crippen LogP contribution in [0.2, 0.25) is 5.02 Å². The van der Waals surface area contributed by atoms with Crippen LogP contribution < -0.4 is 10.5 Å². The highest BCUT2D eigenvalue weighted by molar-refractivity contribution is 6.33. The molecule has 2 N–H and O–H groups in total. The van der Waals surface area contributed by atoms with E-state index >= 15 is 0 Å². The van der Waals surface area contributed by atoms with Gasteiger partial charge in [-0.05, 0) is 48.9 Å². The molecule has 0 bridgehead atoms. The molecule has 0 unspecified atom stereocenters. The lowest BCUT2D eigenvalue weighted by Crippen LogP contribution is -2.16. The topological polar surface area (TPSA) is 78.6 Å². The van der Waals surface area contributed by atoms with Crippen molar-refractivity contribution in [2.45, 2.75) is 25.7 Å². The molecule has 1 aliphatic carbocycles. The van der Waals surface area contributed by atoms with Crippen molar-refractivity contribution in [3.8, 4) is 5.75 Å². The molecule has 0 heterocycles. The van der Waals surface area contributed by atoms with E-state index in [2.05, 4.69) is 0 Å². The van der Waals surface area contributed by atoms with Gasteiger partial charge in [0.1, 0.15) is 11.3 Å². The molecule has 6 heteroatoms. The van der Waals surface area contributed by atoms with Gasteiger partial charge in [-0.3, -0.25) is 4.79 Å². The maximum atomic E-state index is 12.4. The fraction of sp³-hybridized carbons (Fsp3) is 0.300. The minimum atomic E-state index is -0.685. The second kappa shape index (κ2) is 7.79. The van der Waals surface area contributed by atoms with Gasteiger partial charge in [-0.15, -0.1) is 0 Å². The molecule has 0 saturated heterocycles. The number of nitrogens with two attached hydrogens (primary N) is 1. The third-order valence-electron chi connectivity index (χ3n) is 4.54. The van der Waals surface area contributed by atoms with Crippen molar-refractivity contribution in [1.82, 2.24) is 0 Å². The van der Waals surface area contributed by atoms with Crippen LogP contribution in [0.5, 0.6) is 5.75 Å². The summed E-state index contributed by atoms with van der Waals surface area (Å²) in [7, 11) is 1.41. The Bertz CT molecular complexity index is 863. The van der Waals surface area contributed by atoms with Crippen molar-refractivity contribution in [3.63, 3.8) is 0 Å². The van der Waals surface area contributed by atoms with Crippen LogP contribution in [0.25, 0.3) is 0 Å². The fourth-order valence-corrected chi connectivity index (χ4v) is 3.26. The number of aryl methyl sites for hydroxylation is 2. The number of rotatable bonds is 5. The van der Waals surface area contributed by atoms with Gasteiger partial charge in [0.05, 0.1) is 17.8 Å². The maximum absolute atomic E-state index is 12.4. The highest BCUT2D eigenvalue weighted by Gasteiger charge is 2.19. The Hall–Kier alpha value is -2.53. The zero-order valence-corrected chi connectivity index (χ0v) is 15.3. The number of Topliss-reactive ketones (excluding diaryl/α,β-unsaturated/α-hetero) is 1. The van der Waals surface area contributed by atoms with Crippen molar-refractivity contribution in [2.75, 3.05) is 19.5 Å². The van der Waals surface area contributed by atoms with Crippen LogP contribution >= 0.6 is 11.6 Å². The summed E-state index contributed by atoms with van der Waals surface area (Å²) in [6, 6.07) is 8.52. The Morgan fingerprint density at radius 3 is 2.58 bits per heavy atom. The van der Waals surface area contributed by atoms with Crippen LogP contribution in [-0.2, 0) is 17.6 Å². The molecule has 1 aliphatic rings. The number of esters is 1. The van der Waals surface area contributed by atoms with Crippen molar-refractivity contribution >= 4 is 29.0 Å². The number of benzene rings is 2. The van der Waals surface area contributed by atoms with Crippen LogP contribution in [0.15, 0.2) is 30.3 Å². The Morgan fingerprint density at radius 2 is 1.85 bits per heavy atom. The highest BCUT2D eigenvalue weighted by atomic mass is 35.5. The number of anilines is 1. The number of nitrogen functional groups attached to an aromatic ring is 1. The summed E-state index contributed by atoms with van der Waals surface area (Å²) in [4.78, 5) is 24.7. The molecular formula is C20H20ClNO4. The van der Waals surface area contributed by atoms with Crippen molar-refractivity contribution < 1.29 is 19.1 Å². The molecule has 0 amide bonds. The maximum Gasteiger partial charge on any atom is 0.342 e. The third-order valence-corrected chi connectivity index (χ3v) is 4.87. The number of ether oxygens (including phenoxy) is 2. The molecule has 2 aromatic carbocycles. The third kappa shape index (κ3) is 3.83. The molecule has 3 rings (SSSR count). The highest BCUT2D eigenvalue weighted by Crippen LogP contribution is 2.29. The van der Waals surface area contributed by atoms with Gasteiger partial charge in [-0.1, -0.05) is 23.7 Å². The first-order valence-corrected chi connectivity index (χ1v) is 8.82. The summed E-state index contributed by atoms with van der Waals surface area (Å²) >= 11 is 5.96. The first kappa shape index (κ1) is 18.3. The number of carbonyl (C=O) groups excluding carboxylic acids is 2. The molecule has 26 heavy (non-hydrogen) atoms. The standard InChI is InChI=1S/C20H20ClNO4/c1-25-19-10-17(22)16(21)9-15(19)20(24)26-11-18(23)14-7-6-12-4-2-3-5-13(12)8-14/h6-10H,2-5,11,22H2,1H3. The quantitative estimate of drug-likeness (QED) is 0.489. The van der Waals surface area contributed by atoms with Gasteiger partial charge in [0.15, 0.2) is 12.4 Å². The van der Waals surface area contributed by atoms with Gasteiger partial charge in [-0.2, -0.15) is 0 Å².